The van der Waals surface area contributed by atoms with Crippen molar-refractivity contribution in [3.63, 3.8) is 0 Å². The summed E-state index contributed by atoms with van der Waals surface area (Å²) in [4.78, 5) is 24.6. The molecule has 2 amide bonds. The number of benzene rings is 3. The number of nitrogens with one attached hydrogen (secondary N) is 2. The lowest BCUT2D eigenvalue weighted by molar-refractivity contribution is -0.126. The molecule has 0 aliphatic heterocycles. The molecule has 0 saturated heterocycles. The molecule has 0 atom stereocenters. The molecular weight excluding hydrogens is 367 g/mol. The molecule has 3 aromatic rings. The highest BCUT2D eigenvalue weighted by Gasteiger charge is 2.41. The summed E-state index contributed by atoms with van der Waals surface area (Å²) in [6, 6.07) is 29.0. The van der Waals surface area contributed by atoms with Crippen LogP contribution in [-0.4, -0.2) is 17.7 Å². The van der Waals surface area contributed by atoms with E-state index in [1.165, 1.54) is 6.92 Å². The van der Waals surface area contributed by atoms with Crippen LogP contribution in [0, 0.1) is 5.41 Å². The molecule has 0 saturated carbocycles. The topological polar surface area (TPSA) is 70.0 Å². The molecule has 0 aromatic heterocycles. The molecule has 2 N–H and O–H groups in total. The van der Waals surface area contributed by atoms with Gasteiger partial charge in [-0.15, -0.1) is 0 Å². The maximum atomic E-state index is 13.0. The van der Waals surface area contributed by atoms with Crippen LogP contribution in [0.15, 0.2) is 96.3 Å². The van der Waals surface area contributed by atoms with Crippen molar-refractivity contribution in [3.8, 4) is 0 Å². The van der Waals surface area contributed by atoms with Gasteiger partial charge in [0.15, 0.2) is 0 Å². The molecule has 0 aliphatic carbocycles. The molecule has 5 heteroatoms. The van der Waals surface area contributed by atoms with Gasteiger partial charge in [-0.2, -0.15) is 0 Å². The van der Waals surface area contributed by atoms with Crippen molar-refractivity contribution in [1.82, 2.24) is 5.32 Å². The molecule has 0 unspecified atom stereocenters. The number of imide groups is 1. The average Bonchev–Trinajstić information content (AvgIpc) is 2.73. The number of amides is 2. The van der Waals surface area contributed by atoms with Gasteiger partial charge in [0.1, 0.15) is 5.31 Å². The van der Waals surface area contributed by atoms with Crippen LogP contribution >= 0.6 is 7.26 Å². The lowest BCUT2D eigenvalue weighted by atomic mass is 10.3. The van der Waals surface area contributed by atoms with Gasteiger partial charge < -0.3 is 0 Å². The number of carbonyl (C=O) groups excluding carboxylic acids is 2. The summed E-state index contributed by atoms with van der Waals surface area (Å²) < 4.78 is 0. The Balaban J connectivity index is 2.42. The predicted molar refractivity (Wildman–Crippen MR) is 115 cm³/mol. The van der Waals surface area contributed by atoms with E-state index in [0.717, 1.165) is 15.9 Å². The van der Waals surface area contributed by atoms with Crippen molar-refractivity contribution in [1.29, 1.82) is 5.41 Å². The SMILES string of the molecule is CC(=O)NC(=O)C(=C=N)[P](c1ccccc1)(c1ccccc1)c1ccccc1. The van der Waals surface area contributed by atoms with Crippen molar-refractivity contribution in [3.05, 3.63) is 96.3 Å². The molecule has 28 heavy (non-hydrogen) atoms. The fourth-order valence-electron chi connectivity index (χ4n) is 3.30. The van der Waals surface area contributed by atoms with E-state index in [0.29, 0.717) is 0 Å². The lowest BCUT2D eigenvalue weighted by Gasteiger charge is -2.38. The Morgan fingerprint density at radius 1 is 0.750 bits per heavy atom. The Labute approximate surface area is 164 Å². The lowest BCUT2D eigenvalue weighted by Crippen LogP contribution is -2.39. The summed E-state index contributed by atoms with van der Waals surface area (Å²) in [5.74, 6) is 1.34. The van der Waals surface area contributed by atoms with Crippen molar-refractivity contribution >= 4 is 40.9 Å². The third-order valence-electron chi connectivity index (χ3n) is 4.39. The van der Waals surface area contributed by atoms with E-state index in [1.54, 1.807) is 0 Å². The highest BCUT2D eigenvalue weighted by atomic mass is 31.2. The van der Waals surface area contributed by atoms with Crippen LogP contribution in [0.25, 0.3) is 0 Å². The molecule has 3 aromatic carbocycles. The van der Waals surface area contributed by atoms with Crippen LogP contribution in [0.3, 0.4) is 0 Å². The molecule has 0 aliphatic rings. The van der Waals surface area contributed by atoms with E-state index in [1.807, 2.05) is 91.0 Å². The van der Waals surface area contributed by atoms with Gasteiger partial charge in [-0.25, -0.2) is 0 Å². The minimum absolute atomic E-state index is 0.159. The maximum Gasteiger partial charge on any atom is 0.268 e. The first kappa shape index (κ1) is 19.4. The van der Waals surface area contributed by atoms with E-state index in [2.05, 4.69) is 11.2 Å². The van der Waals surface area contributed by atoms with Crippen LogP contribution < -0.4 is 21.2 Å². The fraction of sp³-hybridized carbons (Fsp3) is 0.0435. The third-order valence-corrected chi connectivity index (χ3v) is 8.59. The summed E-state index contributed by atoms with van der Waals surface area (Å²) in [5, 5.41) is 13.3. The Kier molecular flexibility index (Phi) is 5.96. The second kappa shape index (κ2) is 8.58. The van der Waals surface area contributed by atoms with E-state index in [4.69, 9.17) is 5.41 Å². The highest BCUT2D eigenvalue weighted by molar-refractivity contribution is 8.00. The number of hydrogen-bond acceptors (Lipinski definition) is 3. The van der Waals surface area contributed by atoms with Gasteiger partial charge >= 0.3 is 0 Å². The molecular formula is C23H20N2O2P. The Hall–Kier alpha value is -3.32. The number of rotatable bonds is 5. The summed E-state index contributed by atoms with van der Waals surface area (Å²) in [5.41, 5.74) is 0. The van der Waals surface area contributed by atoms with Gasteiger partial charge in [-0.05, 0) is 29.0 Å². The van der Waals surface area contributed by atoms with Gasteiger partial charge in [-0.1, -0.05) is 91.0 Å². The molecule has 0 fully saturated rings. The standard InChI is InChI=1S/C23H20N2O2P/c1-18(26)25-23(27)22(17-24)28(19-11-5-2-6-12-19,20-13-7-3-8-14-20)21-15-9-4-10-16-21/h2-16,24H,1H3,(H,25,26,27). The smallest absolute Gasteiger partial charge is 0.268 e. The van der Waals surface area contributed by atoms with Crippen molar-refractivity contribution in [2.75, 3.05) is 0 Å². The van der Waals surface area contributed by atoms with E-state index < -0.39 is 19.1 Å². The van der Waals surface area contributed by atoms with E-state index in [9.17, 15) is 9.59 Å². The summed E-state index contributed by atoms with van der Waals surface area (Å²) in [6.07, 6.45) is 0. The zero-order valence-electron chi connectivity index (χ0n) is 15.4. The normalized spacial score (nSPS) is 10.6. The Morgan fingerprint density at radius 3 is 1.39 bits per heavy atom. The quantitative estimate of drug-likeness (QED) is 0.402. The fourth-order valence-corrected chi connectivity index (χ4v) is 7.36. The van der Waals surface area contributed by atoms with Crippen molar-refractivity contribution in [2.45, 2.75) is 6.92 Å². The predicted octanol–water partition coefficient (Wildman–Crippen LogP) is 2.78. The first-order valence-electron chi connectivity index (χ1n) is 8.78. The first-order valence-corrected chi connectivity index (χ1v) is 10.6. The van der Waals surface area contributed by atoms with Gasteiger partial charge in [0.05, 0.1) is 0 Å². The van der Waals surface area contributed by atoms with Crippen molar-refractivity contribution < 1.29 is 9.59 Å². The summed E-state index contributed by atoms with van der Waals surface area (Å²) >= 11 is 0. The second-order valence-corrected chi connectivity index (χ2v) is 9.50. The maximum absolute atomic E-state index is 13.0. The van der Waals surface area contributed by atoms with Crippen LogP contribution in [0.4, 0.5) is 0 Å². The largest absolute Gasteiger partial charge is 0.292 e. The summed E-state index contributed by atoms with van der Waals surface area (Å²) in [7, 11) is -2.72. The van der Waals surface area contributed by atoms with Crippen molar-refractivity contribution in [2.24, 2.45) is 0 Å². The van der Waals surface area contributed by atoms with Crippen LogP contribution in [0.5, 0.6) is 0 Å². The molecule has 0 heterocycles. The molecule has 3 rings (SSSR count). The monoisotopic (exact) mass is 387 g/mol. The van der Waals surface area contributed by atoms with Gasteiger partial charge in [0.2, 0.25) is 5.91 Å². The molecule has 0 bridgehead atoms. The Morgan fingerprint density at radius 2 is 1.11 bits per heavy atom. The molecule has 0 spiro atoms. The minimum atomic E-state index is -2.72. The summed E-state index contributed by atoms with van der Waals surface area (Å²) in [6.45, 7) is 1.28. The molecule has 139 valence electrons. The Bertz CT molecular complexity index is 931. The van der Waals surface area contributed by atoms with Crippen LogP contribution in [-0.2, 0) is 9.59 Å². The zero-order chi connectivity index (χ0) is 20.0. The third kappa shape index (κ3) is 3.57. The van der Waals surface area contributed by atoms with Gasteiger partial charge in [0.25, 0.3) is 5.91 Å². The highest BCUT2D eigenvalue weighted by Crippen LogP contribution is 2.61. The number of hydrogen-bond donors (Lipinski definition) is 2. The van der Waals surface area contributed by atoms with Crippen LogP contribution in [0.1, 0.15) is 6.92 Å². The average molecular weight is 387 g/mol. The minimum Gasteiger partial charge on any atom is -0.292 e. The first-order chi connectivity index (χ1) is 13.6. The van der Waals surface area contributed by atoms with E-state index in [-0.39, 0.29) is 5.31 Å². The molecule has 4 nitrogen and oxygen atoms in total. The van der Waals surface area contributed by atoms with E-state index >= 15 is 0 Å². The molecule has 1 radical (unpaired) electrons. The second-order valence-electron chi connectivity index (χ2n) is 6.16. The zero-order valence-corrected chi connectivity index (χ0v) is 16.3. The van der Waals surface area contributed by atoms with Gasteiger partial charge in [-0.3, -0.25) is 20.3 Å². The van der Waals surface area contributed by atoms with Crippen LogP contribution in [0.2, 0.25) is 0 Å². The van der Waals surface area contributed by atoms with Gasteiger partial charge in [0, 0.05) is 6.92 Å². The number of carbonyl (C=O) groups is 2.